The molecule has 2 fully saturated rings. The Kier molecular flexibility index (Phi) is 7.90. The van der Waals surface area contributed by atoms with Crippen molar-refractivity contribution in [3.63, 3.8) is 0 Å². The Hall–Kier alpha value is -1.60. The van der Waals surface area contributed by atoms with Gasteiger partial charge < -0.3 is 16.0 Å². The second kappa shape index (κ2) is 9.92. The smallest absolute Gasteiger partial charge is 0.254 e. The highest BCUT2D eigenvalue weighted by molar-refractivity contribution is 5.94. The number of carbonyl (C=O) groups excluding carboxylic acids is 2. The van der Waals surface area contributed by atoms with Gasteiger partial charge in [0.25, 0.3) is 5.91 Å². The van der Waals surface area contributed by atoms with Gasteiger partial charge in [0.1, 0.15) is 6.54 Å². The summed E-state index contributed by atoms with van der Waals surface area (Å²) in [4.78, 5) is 24.5. The van der Waals surface area contributed by atoms with Gasteiger partial charge >= 0.3 is 0 Å². The van der Waals surface area contributed by atoms with Crippen LogP contribution in [0.4, 0.5) is 0 Å². The number of hydrogen-bond acceptors (Lipinski definition) is 4. The van der Waals surface area contributed by atoms with Gasteiger partial charge in [0.2, 0.25) is 5.91 Å². The number of halogens is 1. The fourth-order valence-corrected chi connectivity index (χ4v) is 3.73. The number of nitrogens with one attached hydrogen (secondary N) is 3. The van der Waals surface area contributed by atoms with E-state index in [1.807, 2.05) is 0 Å². The number of piperidine rings is 1. The van der Waals surface area contributed by atoms with Crippen molar-refractivity contribution in [3.05, 3.63) is 18.0 Å². The summed E-state index contributed by atoms with van der Waals surface area (Å²) in [5.41, 5.74) is 0.503. The molecule has 146 valence electrons. The van der Waals surface area contributed by atoms with Crippen LogP contribution in [0.3, 0.4) is 0 Å². The Morgan fingerprint density at radius 3 is 2.69 bits per heavy atom. The molecule has 2 heterocycles. The summed E-state index contributed by atoms with van der Waals surface area (Å²) >= 11 is 0. The molecule has 0 spiro atoms. The summed E-state index contributed by atoms with van der Waals surface area (Å²) in [6.07, 6.45) is 11.0. The van der Waals surface area contributed by atoms with Crippen LogP contribution >= 0.6 is 12.4 Å². The lowest BCUT2D eigenvalue weighted by molar-refractivity contribution is -0.122. The number of amides is 2. The minimum absolute atomic E-state index is 0. The normalized spacial score (nSPS) is 23.7. The molecule has 2 atom stereocenters. The van der Waals surface area contributed by atoms with Crippen LogP contribution in [-0.2, 0) is 11.3 Å². The molecule has 1 saturated carbocycles. The first-order valence-corrected chi connectivity index (χ1v) is 9.48. The van der Waals surface area contributed by atoms with E-state index in [0.717, 1.165) is 32.2 Å². The molecule has 7 nitrogen and oxygen atoms in total. The molecule has 1 aromatic heterocycles. The lowest BCUT2D eigenvalue weighted by Gasteiger charge is -2.30. The molecule has 3 rings (SSSR count). The van der Waals surface area contributed by atoms with Crippen LogP contribution in [0.15, 0.2) is 12.4 Å². The molecule has 8 heteroatoms. The maximum atomic E-state index is 12.4. The van der Waals surface area contributed by atoms with Gasteiger partial charge in [-0.2, -0.15) is 5.10 Å². The number of rotatable bonds is 5. The van der Waals surface area contributed by atoms with Gasteiger partial charge in [0.05, 0.1) is 11.8 Å². The SMILES string of the molecule is CC1NCCCC1NC(=O)c1cnn(CC(=O)NC2CCCCC2)c1.Cl. The fourth-order valence-electron chi connectivity index (χ4n) is 3.73. The van der Waals surface area contributed by atoms with Crippen LogP contribution in [0.1, 0.15) is 62.2 Å². The minimum atomic E-state index is -0.125. The van der Waals surface area contributed by atoms with Gasteiger partial charge in [-0.1, -0.05) is 19.3 Å². The van der Waals surface area contributed by atoms with Crippen molar-refractivity contribution in [3.8, 4) is 0 Å². The van der Waals surface area contributed by atoms with Gasteiger partial charge in [-0.05, 0) is 39.2 Å². The summed E-state index contributed by atoms with van der Waals surface area (Å²) in [6.45, 7) is 3.25. The second-order valence-corrected chi connectivity index (χ2v) is 7.29. The molecule has 1 aliphatic heterocycles. The van der Waals surface area contributed by atoms with E-state index in [9.17, 15) is 9.59 Å². The quantitative estimate of drug-likeness (QED) is 0.721. The Balaban J connectivity index is 0.00000243. The molecule has 0 aromatic carbocycles. The van der Waals surface area contributed by atoms with Crippen molar-refractivity contribution in [1.29, 1.82) is 0 Å². The van der Waals surface area contributed by atoms with Crippen LogP contribution in [-0.4, -0.2) is 46.3 Å². The zero-order valence-electron chi connectivity index (χ0n) is 15.4. The number of hydrogen-bond donors (Lipinski definition) is 3. The third-order valence-electron chi connectivity index (χ3n) is 5.25. The molecule has 1 aromatic rings. The van der Waals surface area contributed by atoms with Crippen LogP contribution in [0.25, 0.3) is 0 Å². The summed E-state index contributed by atoms with van der Waals surface area (Å²) in [5, 5.41) is 13.7. The Bertz CT molecular complexity index is 600. The summed E-state index contributed by atoms with van der Waals surface area (Å²) < 4.78 is 1.54. The third-order valence-corrected chi connectivity index (χ3v) is 5.25. The van der Waals surface area contributed by atoms with Crippen LogP contribution in [0, 0.1) is 0 Å². The largest absolute Gasteiger partial charge is 0.352 e. The highest BCUT2D eigenvalue weighted by Crippen LogP contribution is 2.17. The average Bonchev–Trinajstić information content (AvgIpc) is 3.06. The van der Waals surface area contributed by atoms with Crippen molar-refractivity contribution in [2.24, 2.45) is 0 Å². The highest BCUT2D eigenvalue weighted by atomic mass is 35.5. The van der Waals surface area contributed by atoms with E-state index in [1.165, 1.54) is 30.1 Å². The molecule has 3 N–H and O–H groups in total. The third kappa shape index (κ3) is 5.71. The first kappa shape index (κ1) is 20.7. The summed E-state index contributed by atoms with van der Waals surface area (Å²) in [7, 11) is 0. The fraction of sp³-hybridized carbons (Fsp3) is 0.722. The molecule has 2 amide bonds. The molecule has 2 unspecified atom stereocenters. The summed E-state index contributed by atoms with van der Waals surface area (Å²) in [6, 6.07) is 0.702. The lowest BCUT2D eigenvalue weighted by atomic mass is 9.95. The van der Waals surface area contributed by atoms with Gasteiger partial charge in [-0.15, -0.1) is 12.4 Å². The molecule has 0 radical (unpaired) electrons. The Labute approximate surface area is 161 Å². The molecule has 1 saturated heterocycles. The van der Waals surface area contributed by atoms with E-state index >= 15 is 0 Å². The van der Waals surface area contributed by atoms with E-state index in [2.05, 4.69) is 28.0 Å². The maximum absolute atomic E-state index is 12.4. The molecule has 0 bridgehead atoms. The Morgan fingerprint density at radius 2 is 1.96 bits per heavy atom. The van der Waals surface area contributed by atoms with Crippen molar-refractivity contribution in [2.45, 2.75) is 76.5 Å². The Morgan fingerprint density at radius 1 is 1.19 bits per heavy atom. The van der Waals surface area contributed by atoms with Crippen molar-refractivity contribution < 1.29 is 9.59 Å². The van der Waals surface area contributed by atoms with E-state index in [-0.39, 0.29) is 42.8 Å². The van der Waals surface area contributed by atoms with E-state index in [0.29, 0.717) is 11.6 Å². The first-order valence-electron chi connectivity index (χ1n) is 9.48. The standard InChI is InChI=1S/C18H29N5O2.ClH/c1-13-16(8-5-9-19-13)22-18(25)14-10-20-23(11-14)12-17(24)21-15-6-3-2-4-7-15;/h10-11,13,15-16,19H,2-9,12H2,1H3,(H,21,24)(H,22,25);1H. The second-order valence-electron chi connectivity index (χ2n) is 7.29. The first-order chi connectivity index (χ1) is 12.1. The van der Waals surface area contributed by atoms with E-state index < -0.39 is 0 Å². The molecular formula is C18H30ClN5O2. The van der Waals surface area contributed by atoms with Gasteiger partial charge in [0, 0.05) is 24.3 Å². The highest BCUT2D eigenvalue weighted by Gasteiger charge is 2.23. The lowest BCUT2D eigenvalue weighted by Crippen LogP contribution is -2.51. The van der Waals surface area contributed by atoms with Gasteiger partial charge in [-0.3, -0.25) is 14.3 Å². The molecular weight excluding hydrogens is 354 g/mol. The van der Waals surface area contributed by atoms with Crippen LogP contribution in [0.2, 0.25) is 0 Å². The van der Waals surface area contributed by atoms with Crippen molar-refractivity contribution >= 4 is 24.2 Å². The van der Waals surface area contributed by atoms with Crippen LogP contribution < -0.4 is 16.0 Å². The monoisotopic (exact) mass is 383 g/mol. The zero-order valence-corrected chi connectivity index (χ0v) is 16.2. The molecule has 1 aliphatic carbocycles. The average molecular weight is 384 g/mol. The zero-order chi connectivity index (χ0) is 17.6. The molecule has 26 heavy (non-hydrogen) atoms. The number of carbonyl (C=O) groups is 2. The summed E-state index contributed by atoms with van der Waals surface area (Å²) in [5.74, 6) is -0.161. The van der Waals surface area contributed by atoms with Gasteiger partial charge in [-0.25, -0.2) is 0 Å². The van der Waals surface area contributed by atoms with Gasteiger partial charge in [0.15, 0.2) is 0 Å². The van der Waals surface area contributed by atoms with Crippen molar-refractivity contribution in [2.75, 3.05) is 6.54 Å². The number of nitrogens with zero attached hydrogens (tertiary/aromatic N) is 2. The van der Waals surface area contributed by atoms with Crippen molar-refractivity contribution in [1.82, 2.24) is 25.7 Å². The minimum Gasteiger partial charge on any atom is -0.352 e. The topological polar surface area (TPSA) is 88.0 Å². The predicted molar refractivity (Wildman–Crippen MR) is 102 cm³/mol. The predicted octanol–water partition coefficient (Wildman–Crippen LogP) is 1.62. The number of aromatic nitrogens is 2. The van der Waals surface area contributed by atoms with Crippen LogP contribution in [0.5, 0.6) is 0 Å². The van der Waals surface area contributed by atoms with E-state index in [1.54, 1.807) is 6.20 Å². The maximum Gasteiger partial charge on any atom is 0.254 e. The molecule has 2 aliphatic rings. The van der Waals surface area contributed by atoms with E-state index in [4.69, 9.17) is 0 Å².